The van der Waals surface area contributed by atoms with Gasteiger partial charge in [0, 0.05) is 11.5 Å². The van der Waals surface area contributed by atoms with E-state index in [1.165, 1.54) is 0 Å². The summed E-state index contributed by atoms with van der Waals surface area (Å²) in [5, 5.41) is 0. The first-order valence-electron chi connectivity index (χ1n) is 13.0. The molecule has 4 nitrogen and oxygen atoms in total. The molecule has 1 fully saturated rings. The molecule has 0 spiro atoms. The number of hydrogen-bond donors (Lipinski definition) is 0. The summed E-state index contributed by atoms with van der Waals surface area (Å²) in [5.74, 6) is -7.30. The van der Waals surface area contributed by atoms with Crippen LogP contribution < -0.4 is 9.47 Å². The lowest BCUT2D eigenvalue weighted by Gasteiger charge is -2.30. The van der Waals surface area contributed by atoms with Crippen LogP contribution >= 0.6 is 0 Å². The second kappa shape index (κ2) is 13.3. The maximum absolute atomic E-state index is 14.8. The van der Waals surface area contributed by atoms with Gasteiger partial charge in [0.05, 0.1) is 13.2 Å². The fraction of sp³-hybridized carbons (Fsp3) is 0.333. The topological polar surface area (TPSA) is 36.9 Å². The minimum absolute atomic E-state index is 0.0327. The standard InChI is InChI=1S/C30H25F9O4/c1-2-3-4-5-17-14-41-28(42-15-17)19-12-24(33)27(25(34)13-19)30(38,39)43-21-8-6-20(7-9-21)40-16-18-10-22(31)26(23(32)11-18)29(35,36)37/h2-3,6-13,17,28H,4-5,14-16H2,1H3/b3-2+. The number of alkyl halides is 5. The summed E-state index contributed by atoms with van der Waals surface area (Å²) in [6.07, 6.45) is -5.31. The quantitative estimate of drug-likeness (QED) is 0.168. The molecule has 0 saturated carbocycles. The zero-order valence-electron chi connectivity index (χ0n) is 22.5. The van der Waals surface area contributed by atoms with Gasteiger partial charge in [0.2, 0.25) is 0 Å². The van der Waals surface area contributed by atoms with Gasteiger partial charge in [-0.1, -0.05) is 12.2 Å². The molecule has 43 heavy (non-hydrogen) atoms. The normalized spacial score (nSPS) is 17.8. The number of benzene rings is 3. The number of hydrogen-bond acceptors (Lipinski definition) is 4. The summed E-state index contributed by atoms with van der Waals surface area (Å²) < 4.78 is 146. The van der Waals surface area contributed by atoms with Gasteiger partial charge in [-0.25, -0.2) is 17.6 Å². The van der Waals surface area contributed by atoms with Crippen molar-refractivity contribution in [2.45, 2.75) is 44.9 Å². The molecule has 0 aromatic heterocycles. The first kappa shape index (κ1) is 32.2. The zero-order valence-corrected chi connectivity index (χ0v) is 22.5. The first-order chi connectivity index (χ1) is 20.3. The molecule has 0 N–H and O–H groups in total. The largest absolute Gasteiger partial charge is 0.489 e. The Morgan fingerprint density at radius 2 is 1.33 bits per heavy atom. The lowest BCUT2D eigenvalue weighted by atomic mass is 10.0. The van der Waals surface area contributed by atoms with Crippen LogP contribution in [0.4, 0.5) is 39.5 Å². The molecule has 1 heterocycles. The third-order valence-corrected chi connectivity index (χ3v) is 6.43. The molecule has 13 heteroatoms. The van der Waals surface area contributed by atoms with Crippen LogP contribution in [0.3, 0.4) is 0 Å². The minimum Gasteiger partial charge on any atom is -0.489 e. The van der Waals surface area contributed by atoms with Gasteiger partial charge in [-0.2, -0.15) is 22.0 Å². The molecule has 3 aromatic carbocycles. The Morgan fingerprint density at radius 3 is 1.86 bits per heavy atom. The van der Waals surface area contributed by atoms with Gasteiger partial charge in [-0.15, -0.1) is 0 Å². The van der Waals surface area contributed by atoms with E-state index in [9.17, 15) is 39.5 Å². The van der Waals surface area contributed by atoms with E-state index in [0.29, 0.717) is 24.3 Å². The van der Waals surface area contributed by atoms with E-state index in [0.717, 1.165) is 37.1 Å². The highest BCUT2D eigenvalue weighted by molar-refractivity contribution is 5.35. The van der Waals surface area contributed by atoms with Crippen molar-refractivity contribution in [1.29, 1.82) is 0 Å². The molecule has 1 aliphatic heterocycles. The van der Waals surface area contributed by atoms with Crippen LogP contribution in [0.1, 0.15) is 48.3 Å². The van der Waals surface area contributed by atoms with Gasteiger partial charge < -0.3 is 18.9 Å². The maximum atomic E-state index is 14.8. The molecule has 0 amide bonds. The van der Waals surface area contributed by atoms with Crippen molar-refractivity contribution in [2.24, 2.45) is 5.92 Å². The SMILES string of the molecule is C/C=C/CCC1COC(c2cc(F)c(C(F)(F)Oc3ccc(OCc4cc(F)c(C(F)(F)F)c(F)c4)cc3)c(F)c2)OC1. The fourth-order valence-electron chi connectivity index (χ4n) is 4.36. The van der Waals surface area contributed by atoms with Crippen molar-refractivity contribution in [1.82, 2.24) is 0 Å². The highest BCUT2D eigenvalue weighted by Gasteiger charge is 2.42. The van der Waals surface area contributed by atoms with Crippen LogP contribution in [0.15, 0.2) is 60.7 Å². The third kappa shape index (κ3) is 8.02. The maximum Gasteiger partial charge on any atom is 0.432 e. The lowest BCUT2D eigenvalue weighted by molar-refractivity contribution is -0.206. The average Bonchev–Trinajstić information content (AvgIpc) is 2.91. The van der Waals surface area contributed by atoms with Crippen LogP contribution in [-0.2, 0) is 28.4 Å². The van der Waals surface area contributed by atoms with Crippen LogP contribution in [0.25, 0.3) is 0 Å². The smallest absolute Gasteiger partial charge is 0.432 e. The van der Waals surface area contributed by atoms with E-state index in [4.69, 9.17) is 14.2 Å². The number of halogens is 9. The molecular formula is C30H25F9O4. The van der Waals surface area contributed by atoms with Crippen LogP contribution in [0, 0.1) is 29.2 Å². The Kier molecular flexibility index (Phi) is 9.96. The highest BCUT2D eigenvalue weighted by atomic mass is 19.4. The van der Waals surface area contributed by atoms with Gasteiger partial charge in [0.25, 0.3) is 0 Å². The van der Waals surface area contributed by atoms with Gasteiger partial charge >= 0.3 is 12.3 Å². The molecule has 1 aliphatic rings. The van der Waals surface area contributed by atoms with Gasteiger partial charge in [0.15, 0.2) is 6.29 Å². The van der Waals surface area contributed by atoms with E-state index >= 15 is 0 Å². The van der Waals surface area contributed by atoms with Crippen molar-refractivity contribution >= 4 is 0 Å². The highest BCUT2D eigenvalue weighted by Crippen LogP contribution is 2.38. The number of allylic oxidation sites excluding steroid dienone is 2. The zero-order chi connectivity index (χ0) is 31.4. The van der Waals surface area contributed by atoms with E-state index in [1.54, 1.807) is 0 Å². The lowest BCUT2D eigenvalue weighted by Crippen LogP contribution is -2.28. The molecule has 0 aliphatic carbocycles. The van der Waals surface area contributed by atoms with Crippen molar-refractivity contribution in [3.63, 3.8) is 0 Å². The van der Waals surface area contributed by atoms with Crippen LogP contribution in [-0.4, -0.2) is 13.2 Å². The molecule has 4 rings (SSSR count). The second-order valence-electron chi connectivity index (χ2n) is 9.68. The summed E-state index contributed by atoms with van der Waals surface area (Å²) in [5.41, 5.74) is -4.06. The van der Waals surface area contributed by atoms with Crippen LogP contribution in [0.2, 0.25) is 0 Å². The molecule has 0 bridgehead atoms. The predicted octanol–water partition coefficient (Wildman–Crippen LogP) is 8.99. The van der Waals surface area contributed by atoms with Crippen LogP contribution in [0.5, 0.6) is 11.5 Å². The van der Waals surface area contributed by atoms with Crippen molar-refractivity contribution < 1.29 is 58.5 Å². The van der Waals surface area contributed by atoms with Gasteiger partial charge in [-0.05, 0) is 73.9 Å². The van der Waals surface area contributed by atoms with Gasteiger partial charge in [0.1, 0.15) is 52.5 Å². The third-order valence-electron chi connectivity index (χ3n) is 6.43. The molecule has 0 atom stereocenters. The number of ether oxygens (including phenoxy) is 4. The summed E-state index contributed by atoms with van der Waals surface area (Å²) >= 11 is 0. The van der Waals surface area contributed by atoms with E-state index in [-0.39, 0.29) is 36.0 Å². The monoisotopic (exact) mass is 620 g/mol. The Balaban J connectivity index is 1.38. The summed E-state index contributed by atoms with van der Waals surface area (Å²) in [6, 6.07) is 6.41. The summed E-state index contributed by atoms with van der Waals surface area (Å²) in [4.78, 5) is 0. The first-order valence-corrected chi connectivity index (χ1v) is 13.0. The molecule has 3 aromatic rings. The van der Waals surface area contributed by atoms with Crippen molar-refractivity contribution in [2.75, 3.05) is 13.2 Å². The van der Waals surface area contributed by atoms with Crippen molar-refractivity contribution in [3.05, 3.63) is 106 Å². The number of rotatable bonds is 10. The predicted molar refractivity (Wildman–Crippen MR) is 135 cm³/mol. The Hall–Kier alpha value is -3.71. The molecule has 232 valence electrons. The van der Waals surface area contributed by atoms with E-state index in [1.807, 2.05) is 19.1 Å². The van der Waals surface area contributed by atoms with Crippen molar-refractivity contribution in [3.8, 4) is 11.5 Å². The molecule has 0 radical (unpaired) electrons. The van der Waals surface area contributed by atoms with E-state index < -0.39 is 65.3 Å². The molecule has 1 saturated heterocycles. The second-order valence-corrected chi connectivity index (χ2v) is 9.68. The summed E-state index contributed by atoms with van der Waals surface area (Å²) in [6.45, 7) is 1.87. The van der Waals surface area contributed by atoms with E-state index in [2.05, 4.69) is 4.74 Å². The van der Waals surface area contributed by atoms with Gasteiger partial charge in [-0.3, -0.25) is 0 Å². The Bertz CT molecular complexity index is 1380. The average molecular weight is 621 g/mol. The minimum atomic E-state index is -5.23. The Morgan fingerprint density at radius 1 is 0.791 bits per heavy atom. The molecular weight excluding hydrogens is 595 g/mol. The molecule has 0 unspecified atom stereocenters. The Labute approximate surface area is 240 Å². The summed E-state index contributed by atoms with van der Waals surface area (Å²) in [7, 11) is 0. The fourth-order valence-corrected chi connectivity index (χ4v) is 4.36.